The summed E-state index contributed by atoms with van der Waals surface area (Å²) in [6.07, 6.45) is 2.88. The quantitative estimate of drug-likeness (QED) is 0.604. The molecule has 1 amide bonds. The van der Waals surface area contributed by atoms with Crippen molar-refractivity contribution in [2.24, 2.45) is 5.73 Å². The number of aromatic nitrogens is 1. The number of hydrogen-bond acceptors (Lipinski definition) is 4. The molecule has 0 aliphatic carbocycles. The van der Waals surface area contributed by atoms with Crippen LogP contribution in [0.25, 0.3) is 0 Å². The summed E-state index contributed by atoms with van der Waals surface area (Å²) in [6, 6.07) is 3.79. The van der Waals surface area contributed by atoms with Crippen LogP contribution in [0, 0.1) is 0 Å². The van der Waals surface area contributed by atoms with E-state index in [0.29, 0.717) is 6.42 Å². The van der Waals surface area contributed by atoms with Crippen LogP contribution in [-0.2, 0) is 4.79 Å². The van der Waals surface area contributed by atoms with Gasteiger partial charge in [0.15, 0.2) is 0 Å². The standard InChI is InChI=1S/C10H16N4O/c1-12-10-7-8(4-6-14-10)13-5-2-3-9(11)15/h4,6-7H,2-3,5H2,1H3,(H2,11,15)(H2,12,13,14). The first-order valence-corrected chi connectivity index (χ1v) is 4.88. The molecule has 82 valence electrons. The van der Waals surface area contributed by atoms with Gasteiger partial charge >= 0.3 is 0 Å². The first-order chi connectivity index (χ1) is 7.22. The molecule has 0 spiro atoms. The van der Waals surface area contributed by atoms with Gasteiger partial charge in [-0.2, -0.15) is 0 Å². The fraction of sp³-hybridized carbons (Fsp3) is 0.400. The number of pyridine rings is 1. The molecule has 0 atom stereocenters. The minimum Gasteiger partial charge on any atom is -0.385 e. The monoisotopic (exact) mass is 208 g/mol. The molecule has 1 rings (SSSR count). The van der Waals surface area contributed by atoms with Crippen LogP contribution in [-0.4, -0.2) is 24.5 Å². The van der Waals surface area contributed by atoms with E-state index in [1.807, 2.05) is 19.2 Å². The average molecular weight is 208 g/mol. The number of carbonyl (C=O) groups is 1. The van der Waals surface area contributed by atoms with Crippen molar-refractivity contribution >= 4 is 17.4 Å². The van der Waals surface area contributed by atoms with Crippen LogP contribution in [0.3, 0.4) is 0 Å². The van der Waals surface area contributed by atoms with Gasteiger partial charge in [-0.25, -0.2) is 4.98 Å². The van der Waals surface area contributed by atoms with Crippen LogP contribution in [0.15, 0.2) is 18.3 Å². The van der Waals surface area contributed by atoms with E-state index in [0.717, 1.165) is 24.5 Å². The minimum atomic E-state index is -0.262. The number of amides is 1. The summed E-state index contributed by atoms with van der Waals surface area (Å²) in [6.45, 7) is 0.732. The Morgan fingerprint density at radius 2 is 2.40 bits per heavy atom. The normalized spacial score (nSPS) is 9.67. The Morgan fingerprint density at radius 3 is 3.07 bits per heavy atom. The van der Waals surface area contributed by atoms with Crippen molar-refractivity contribution < 1.29 is 4.79 Å². The highest BCUT2D eigenvalue weighted by Crippen LogP contribution is 2.10. The molecule has 0 aliphatic rings. The van der Waals surface area contributed by atoms with Crippen LogP contribution >= 0.6 is 0 Å². The van der Waals surface area contributed by atoms with E-state index in [1.165, 1.54) is 0 Å². The smallest absolute Gasteiger partial charge is 0.217 e. The molecule has 1 heterocycles. The third-order valence-electron chi connectivity index (χ3n) is 1.95. The first kappa shape index (κ1) is 11.3. The van der Waals surface area contributed by atoms with E-state index >= 15 is 0 Å². The molecule has 0 saturated heterocycles. The highest BCUT2D eigenvalue weighted by atomic mass is 16.1. The summed E-state index contributed by atoms with van der Waals surface area (Å²) >= 11 is 0. The number of hydrogen-bond donors (Lipinski definition) is 3. The first-order valence-electron chi connectivity index (χ1n) is 4.88. The molecule has 0 saturated carbocycles. The molecule has 1 aromatic heterocycles. The van der Waals surface area contributed by atoms with Gasteiger partial charge in [-0.3, -0.25) is 4.79 Å². The number of primary amides is 1. The number of carbonyl (C=O) groups excluding carboxylic acids is 1. The predicted octanol–water partition coefficient (Wildman–Crippen LogP) is 0.801. The summed E-state index contributed by atoms with van der Waals surface area (Å²) in [5.74, 6) is 0.553. The largest absolute Gasteiger partial charge is 0.385 e. The molecule has 0 bridgehead atoms. The molecular weight excluding hydrogens is 192 g/mol. The van der Waals surface area contributed by atoms with Gasteiger partial charge in [0.2, 0.25) is 5.91 Å². The molecule has 0 aliphatic heterocycles. The number of anilines is 2. The van der Waals surface area contributed by atoms with Crippen LogP contribution in [0.1, 0.15) is 12.8 Å². The van der Waals surface area contributed by atoms with Crippen LogP contribution in [0.2, 0.25) is 0 Å². The molecule has 4 N–H and O–H groups in total. The van der Waals surface area contributed by atoms with Gasteiger partial charge in [0, 0.05) is 38.0 Å². The van der Waals surface area contributed by atoms with Gasteiger partial charge in [-0.1, -0.05) is 0 Å². The Labute approximate surface area is 89.1 Å². The van der Waals surface area contributed by atoms with Crippen molar-refractivity contribution in [1.29, 1.82) is 0 Å². The summed E-state index contributed by atoms with van der Waals surface area (Å²) in [7, 11) is 1.82. The third-order valence-corrected chi connectivity index (χ3v) is 1.95. The van der Waals surface area contributed by atoms with Gasteiger partial charge in [0.1, 0.15) is 5.82 Å². The molecule has 5 heteroatoms. The molecule has 5 nitrogen and oxygen atoms in total. The van der Waals surface area contributed by atoms with E-state index in [-0.39, 0.29) is 5.91 Å². The summed E-state index contributed by atoms with van der Waals surface area (Å²) < 4.78 is 0. The second-order valence-electron chi connectivity index (χ2n) is 3.18. The Morgan fingerprint density at radius 1 is 1.60 bits per heavy atom. The molecule has 0 radical (unpaired) electrons. The number of rotatable bonds is 6. The van der Waals surface area contributed by atoms with Gasteiger partial charge in [-0.15, -0.1) is 0 Å². The van der Waals surface area contributed by atoms with Crippen molar-refractivity contribution in [1.82, 2.24) is 4.98 Å². The van der Waals surface area contributed by atoms with Gasteiger partial charge in [-0.05, 0) is 12.5 Å². The third kappa shape index (κ3) is 4.30. The Bertz CT molecular complexity index is 327. The van der Waals surface area contributed by atoms with Crippen LogP contribution in [0.4, 0.5) is 11.5 Å². The van der Waals surface area contributed by atoms with Crippen molar-refractivity contribution in [2.75, 3.05) is 24.2 Å². The SMILES string of the molecule is CNc1cc(NCCCC(N)=O)ccn1. The zero-order valence-electron chi connectivity index (χ0n) is 8.79. The lowest BCUT2D eigenvalue weighted by Crippen LogP contribution is -2.12. The van der Waals surface area contributed by atoms with E-state index in [1.54, 1.807) is 6.20 Å². The number of nitrogens with zero attached hydrogens (tertiary/aromatic N) is 1. The Kier molecular flexibility index (Phi) is 4.40. The topological polar surface area (TPSA) is 80.0 Å². The number of nitrogens with two attached hydrogens (primary N) is 1. The molecule has 1 aromatic rings. The maximum atomic E-state index is 10.5. The minimum absolute atomic E-state index is 0.262. The van der Waals surface area contributed by atoms with Gasteiger partial charge < -0.3 is 16.4 Å². The van der Waals surface area contributed by atoms with E-state index in [2.05, 4.69) is 15.6 Å². The van der Waals surface area contributed by atoms with E-state index in [9.17, 15) is 4.79 Å². The molecule has 15 heavy (non-hydrogen) atoms. The molecular formula is C10H16N4O. The molecule has 0 fully saturated rings. The van der Waals surface area contributed by atoms with Crippen molar-refractivity contribution in [3.05, 3.63) is 18.3 Å². The molecule has 0 aromatic carbocycles. The van der Waals surface area contributed by atoms with Crippen molar-refractivity contribution in [3.8, 4) is 0 Å². The fourth-order valence-electron chi connectivity index (χ4n) is 1.17. The van der Waals surface area contributed by atoms with Crippen LogP contribution in [0.5, 0.6) is 0 Å². The van der Waals surface area contributed by atoms with Gasteiger partial charge in [0.05, 0.1) is 0 Å². The zero-order valence-corrected chi connectivity index (χ0v) is 8.79. The summed E-state index contributed by atoms with van der Waals surface area (Å²) in [5, 5.41) is 6.14. The highest BCUT2D eigenvalue weighted by molar-refractivity contribution is 5.73. The fourth-order valence-corrected chi connectivity index (χ4v) is 1.17. The zero-order chi connectivity index (χ0) is 11.1. The van der Waals surface area contributed by atoms with Gasteiger partial charge in [0.25, 0.3) is 0 Å². The highest BCUT2D eigenvalue weighted by Gasteiger charge is 1.96. The van der Waals surface area contributed by atoms with Crippen LogP contribution < -0.4 is 16.4 Å². The maximum absolute atomic E-state index is 10.5. The summed E-state index contributed by atoms with van der Waals surface area (Å²) in [4.78, 5) is 14.6. The average Bonchev–Trinajstić information content (AvgIpc) is 2.24. The lowest BCUT2D eigenvalue weighted by atomic mass is 10.3. The predicted molar refractivity (Wildman–Crippen MR) is 60.7 cm³/mol. The Hall–Kier alpha value is -1.78. The second-order valence-corrected chi connectivity index (χ2v) is 3.18. The van der Waals surface area contributed by atoms with E-state index < -0.39 is 0 Å². The van der Waals surface area contributed by atoms with E-state index in [4.69, 9.17) is 5.73 Å². The van der Waals surface area contributed by atoms with Crippen molar-refractivity contribution in [3.63, 3.8) is 0 Å². The maximum Gasteiger partial charge on any atom is 0.217 e. The van der Waals surface area contributed by atoms with Crippen molar-refractivity contribution in [2.45, 2.75) is 12.8 Å². The lowest BCUT2D eigenvalue weighted by Gasteiger charge is -2.06. The summed E-state index contributed by atoms with van der Waals surface area (Å²) in [5.41, 5.74) is 6.02. The second kappa shape index (κ2) is 5.85. The lowest BCUT2D eigenvalue weighted by molar-refractivity contribution is -0.118. The molecule has 0 unspecified atom stereocenters. The number of nitrogens with one attached hydrogen (secondary N) is 2. The Balaban J connectivity index is 2.33.